The second-order valence-corrected chi connectivity index (χ2v) is 8.56. The van der Waals surface area contributed by atoms with E-state index in [0.29, 0.717) is 0 Å². The highest BCUT2D eigenvalue weighted by Gasteiger charge is 2.50. The van der Waals surface area contributed by atoms with Crippen LogP contribution in [-0.4, -0.2) is 64.2 Å². The maximum Gasteiger partial charge on any atom is 0.481 e. The van der Waals surface area contributed by atoms with Crippen LogP contribution in [0.15, 0.2) is 11.1 Å². The molecule has 1 saturated heterocycles. The van der Waals surface area contributed by atoms with Gasteiger partial charge in [0.25, 0.3) is 5.56 Å². The number of ether oxygens (including phenoxy) is 1. The average molecular weight is 458 g/mol. The van der Waals surface area contributed by atoms with Gasteiger partial charge in [0.05, 0.1) is 12.9 Å². The predicted octanol–water partition coefficient (Wildman–Crippen LogP) is -2.55. The minimum atomic E-state index is -5.40. The zero-order valence-electron chi connectivity index (χ0n) is 14.1. The Morgan fingerprint density at radius 2 is 2.03 bits per heavy atom. The number of nitrogens with zero attached hydrogens (tertiary/aromatic N) is 3. The van der Waals surface area contributed by atoms with Crippen LogP contribution in [0.3, 0.4) is 0 Å². The van der Waals surface area contributed by atoms with Gasteiger partial charge in [0, 0.05) is 0 Å². The maximum absolute atomic E-state index is 11.9. The fraction of sp³-hybridized carbons (Fsp3) is 0.500. The highest BCUT2D eigenvalue weighted by atomic mass is 31.3. The minimum absolute atomic E-state index is 0.0815. The number of phosphoric acid groups is 2. The molecule has 0 bridgehead atoms. The molecule has 17 nitrogen and oxygen atoms in total. The molecule has 162 valence electrons. The van der Waals surface area contributed by atoms with Gasteiger partial charge in [-0.15, -0.1) is 0 Å². The van der Waals surface area contributed by atoms with Gasteiger partial charge in [-0.3, -0.25) is 18.9 Å². The highest BCUT2D eigenvalue weighted by molar-refractivity contribution is 7.60. The van der Waals surface area contributed by atoms with E-state index >= 15 is 0 Å². The Morgan fingerprint density at radius 3 is 2.66 bits per heavy atom. The van der Waals surface area contributed by atoms with Gasteiger partial charge in [-0.1, -0.05) is 0 Å². The van der Waals surface area contributed by atoms with E-state index in [2.05, 4.69) is 28.6 Å². The standard InChI is InChI=1S/C10H16N6O11P2/c11-10-14-7-4(8(18)15-10)13-2-16(7)9-5(17)6(3(25-9)1-24-12)26-29(22,23)27-28(19,20)21/h2-3,5-6,9,17H,1,12H2,(H,22,23)(H2,19,20,21)(H3,11,14,15,18)/t3-,5-,6-,9-/m1/s1. The van der Waals surface area contributed by atoms with Gasteiger partial charge < -0.3 is 35.1 Å². The molecule has 3 heterocycles. The lowest BCUT2D eigenvalue weighted by Gasteiger charge is -2.22. The summed E-state index contributed by atoms with van der Waals surface area (Å²) in [7, 11) is -10.7. The summed E-state index contributed by atoms with van der Waals surface area (Å²) >= 11 is 0. The number of nitrogens with two attached hydrogens (primary N) is 2. The lowest BCUT2D eigenvalue weighted by atomic mass is 10.1. The smallest absolute Gasteiger partial charge is 0.386 e. The van der Waals surface area contributed by atoms with E-state index < -0.39 is 52.4 Å². The van der Waals surface area contributed by atoms with Crippen molar-refractivity contribution in [1.29, 1.82) is 0 Å². The number of H-pyrrole nitrogens is 1. The van der Waals surface area contributed by atoms with Crippen molar-refractivity contribution in [2.24, 2.45) is 5.90 Å². The number of fused-ring (bicyclic) bond motifs is 1. The van der Waals surface area contributed by atoms with E-state index in [1.54, 1.807) is 0 Å². The van der Waals surface area contributed by atoms with Crippen molar-refractivity contribution in [3.63, 3.8) is 0 Å². The average Bonchev–Trinajstić information content (AvgIpc) is 3.09. The highest BCUT2D eigenvalue weighted by Crippen LogP contribution is 2.59. The summed E-state index contributed by atoms with van der Waals surface area (Å²) in [5.41, 5.74) is 4.62. The summed E-state index contributed by atoms with van der Waals surface area (Å²) < 4.78 is 37.7. The van der Waals surface area contributed by atoms with Gasteiger partial charge in [0.2, 0.25) is 5.95 Å². The lowest BCUT2D eigenvalue weighted by molar-refractivity contribution is -0.0655. The summed E-state index contributed by atoms with van der Waals surface area (Å²) in [5.74, 6) is 4.73. The molecule has 29 heavy (non-hydrogen) atoms. The fourth-order valence-electron chi connectivity index (χ4n) is 2.75. The van der Waals surface area contributed by atoms with Gasteiger partial charge in [0.1, 0.15) is 18.3 Å². The monoisotopic (exact) mass is 458 g/mol. The second-order valence-electron chi connectivity index (χ2n) is 5.78. The van der Waals surface area contributed by atoms with Crippen molar-refractivity contribution in [3.05, 3.63) is 16.7 Å². The van der Waals surface area contributed by atoms with E-state index in [0.717, 1.165) is 10.9 Å². The molecular formula is C10H16N6O11P2. The van der Waals surface area contributed by atoms with E-state index in [1.807, 2.05) is 0 Å². The van der Waals surface area contributed by atoms with E-state index in [1.165, 1.54) is 0 Å². The molecule has 9 N–H and O–H groups in total. The van der Waals surface area contributed by atoms with Crippen LogP contribution in [0.1, 0.15) is 6.23 Å². The van der Waals surface area contributed by atoms with Gasteiger partial charge in [-0.25, -0.2) is 20.0 Å². The molecule has 0 spiro atoms. The number of nitrogen functional groups attached to an aromatic ring is 1. The molecule has 0 saturated carbocycles. The molecule has 0 amide bonds. The van der Waals surface area contributed by atoms with Crippen LogP contribution in [0.4, 0.5) is 5.95 Å². The number of aliphatic hydroxyl groups excluding tert-OH is 1. The number of nitrogens with one attached hydrogen (secondary N) is 1. The molecule has 5 atom stereocenters. The van der Waals surface area contributed by atoms with Crippen molar-refractivity contribution in [1.82, 2.24) is 19.5 Å². The number of aromatic amines is 1. The Balaban J connectivity index is 1.94. The largest absolute Gasteiger partial charge is 0.481 e. The number of imidazole rings is 1. The summed E-state index contributed by atoms with van der Waals surface area (Å²) in [6.45, 7) is -0.461. The minimum Gasteiger partial charge on any atom is -0.386 e. The topological polar surface area (TPSA) is 268 Å². The Hall–Kier alpha value is -1.75. The number of rotatable bonds is 7. The SMILES string of the molecule is NOC[C@H]1O[C@@H](n2cnc3c(=O)[nH]c(N)nc32)[C@H](O)[C@@H]1OP(=O)(O)OP(=O)(O)O. The van der Waals surface area contributed by atoms with Gasteiger partial charge >= 0.3 is 15.6 Å². The van der Waals surface area contributed by atoms with Crippen LogP contribution in [0.2, 0.25) is 0 Å². The molecule has 0 radical (unpaired) electrons. The summed E-state index contributed by atoms with van der Waals surface area (Å²) in [6, 6.07) is 0. The molecule has 1 unspecified atom stereocenters. The maximum atomic E-state index is 11.9. The van der Waals surface area contributed by atoms with Crippen molar-refractivity contribution in [3.8, 4) is 0 Å². The van der Waals surface area contributed by atoms with E-state index in [-0.39, 0.29) is 17.1 Å². The van der Waals surface area contributed by atoms with Gasteiger partial charge in [0.15, 0.2) is 17.4 Å². The van der Waals surface area contributed by atoms with Crippen molar-refractivity contribution >= 4 is 32.8 Å². The zero-order chi connectivity index (χ0) is 21.6. The summed E-state index contributed by atoms with van der Waals surface area (Å²) in [6.07, 6.45) is -5.02. The second kappa shape index (κ2) is 7.82. The Labute approximate surface area is 160 Å². The molecule has 1 fully saturated rings. The van der Waals surface area contributed by atoms with Crippen LogP contribution >= 0.6 is 15.6 Å². The van der Waals surface area contributed by atoms with Crippen molar-refractivity contribution in [2.75, 3.05) is 12.3 Å². The van der Waals surface area contributed by atoms with Crippen LogP contribution in [-0.2, 0) is 27.5 Å². The molecule has 1 aliphatic rings. The number of aromatic nitrogens is 4. The molecule has 19 heteroatoms. The first-order valence-electron chi connectivity index (χ1n) is 7.57. The van der Waals surface area contributed by atoms with Crippen LogP contribution < -0.4 is 17.2 Å². The first-order valence-corrected chi connectivity index (χ1v) is 10.6. The zero-order valence-corrected chi connectivity index (χ0v) is 15.9. The third-order valence-corrected chi connectivity index (χ3v) is 5.95. The van der Waals surface area contributed by atoms with Crippen LogP contribution in [0.5, 0.6) is 0 Å². The summed E-state index contributed by atoms with van der Waals surface area (Å²) in [4.78, 5) is 53.2. The van der Waals surface area contributed by atoms with Gasteiger partial charge in [-0.2, -0.15) is 9.29 Å². The van der Waals surface area contributed by atoms with Crippen molar-refractivity contribution < 1.29 is 47.3 Å². The molecule has 1 aliphatic heterocycles. The molecule has 0 aliphatic carbocycles. The normalized spacial score (nSPS) is 27.3. The number of aliphatic hydroxyl groups is 1. The fourth-order valence-corrected chi connectivity index (χ4v) is 4.54. The molecule has 2 aromatic rings. The molecule has 0 aromatic carbocycles. The quantitative estimate of drug-likeness (QED) is 0.166. The third kappa shape index (κ3) is 4.71. The lowest BCUT2D eigenvalue weighted by Crippen LogP contribution is -2.36. The number of hydrogen-bond acceptors (Lipinski definition) is 12. The first kappa shape index (κ1) is 21.9. The molecule has 2 aromatic heterocycles. The number of phosphoric ester groups is 1. The third-order valence-electron chi connectivity index (χ3n) is 3.76. The Morgan fingerprint density at radius 1 is 1.34 bits per heavy atom. The van der Waals surface area contributed by atoms with Crippen LogP contribution in [0.25, 0.3) is 11.2 Å². The van der Waals surface area contributed by atoms with Gasteiger partial charge in [-0.05, 0) is 0 Å². The molecule has 3 rings (SSSR count). The number of anilines is 1. The van der Waals surface area contributed by atoms with E-state index in [9.17, 15) is 23.9 Å². The molecular weight excluding hydrogens is 442 g/mol. The first-order chi connectivity index (χ1) is 13.4. The van der Waals surface area contributed by atoms with Crippen LogP contribution in [0, 0.1) is 0 Å². The predicted molar refractivity (Wildman–Crippen MR) is 90.4 cm³/mol. The van der Waals surface area contributed by atoms with Crippen molar-refractivity contribution in [2.45, 2.75) is 24.5 Å². The van der Waals surface area contributed by atoms with E-state index in [4.69, 9.17) is 26.2 Å². The summed E-state index contributed by atoms with van der Waals surface area (Å²) in [5, 5.41) is 10.6. The number of hydrogen-bond donors (Lipinski definition) is 7. The Kier molecular flexibility index (Phi) is 5.92. The Bertz CT molecular complexity index is 1050.